The SMILES string of the molecule is N#CC1(NC(=O)c2c(N)sc3c2CCC(C#N)(c2ccccc2)C3=O)CC1. The first kappa shape index (κ1) is 17.3. The normalized spacial score (nSPS) is 22.2. The lowest BCUT2D eigenvalue weighted by Gasteiger charge is -2.29. The first-order chi connectivity index (χ1) is 13.0. The number of nitriles is 2. The Balaban J connectivity index is 1.74. The first-order valence-corrected chi connectivity index (χ1v) is 9.44. The zero-order valence-corrected chi connectivity index (χ0v) is 15.2. The number of Topliss-reactive ketones (excluding diaryl/α,β-unsaturated/α-hetero) is 1. The number of nitrogen functional groups attached to an aromatic ring is 1. The summed E-state index contributed by atoms with van der Waals surface area (Å²) in [5.41, 5.74) is 5.54. The number of hydrogen-bond acceptors (Lipinski definition) is 6. The van der Waals surface area contributed by atoms with Crippen LogP contribution in [0.25, 0.3) is 0 Å². The number of thiophene rings is 1. The van der Waals surface area contributed by atoms with Gasteiger partial charge in [0.15, 0.2) is 5.78 Å². The van der Waals surface area contributed by atoms with Crippen LogP contribution in [0.3, 0.4) is 0 Å². The highest BCUT2D eigenvalue weighted by atomic mass is 32.1. The van der Waals surface area contributed by atoms with Gasteiger partial charge >= 0.3 is 0 Å². The molecule has 0 radical (unpaired) electrons. The number of anilines is 1. The van der Waals surface area contributed by atoms with Gasteiger partial charge in [-0.2, -0.15) is 10.5 Å². The second-order valence-electron chi connectivity index (χ2n) is 7.01. The van der Waals surface area contributed by atoms with Crippen LogP contribution in [0.5, 0.6) is 0 Å². The lowest BCUT2D eigenvalue weighted by molar-refractivity contribution is 0.0908. The fraction of sp³-hybridized carbons (Fsp3) is 0.300. The molecular weight excluding hydrogens is 360 g/mol. The highest BCUT2D eigenvalue weighted by molar-refractivity contribution is 7.18. The van der Waals surface area contributed by atoms with Crippen LogP contribution in [0.1, 0.15) is 50.4 Å². The quantitative estimate of drug-likeness (QED) is 0.853. The van der Waals surface area contributed by atoms with Crippen molar-refractivity contribution in [1.29, 1.82) is 10.5 Å². The third kappa shape index (κ3) is 2.51. The minimum atomic E-state index is -1.26. The van der Waals surface area contributed by atoms with Crippen LogP contribution in [-0.4, -0.2) is 17.2 Å². The van der Waals surface area contributed by atoms with Gasteiger partial charge in [-0.3, -0.25) is 9.59 Å². The topological polar surface area (TPSA) is 120 Å². The summed E-state index contributed by atoms with van der Waals surface area (Å²) in [5.74, 6) is -0.726. The van der Waals surface area contributed by atoms with E-state index in [0.29, 0.717) is 41.7 Å². The molecule has 134 valence electrons. The smallest absolute Gasteiger partial charge is 0.255 e. The van der Waals surface area contributed by atoms with Gasteiger partial charge < -0.3 is 11.1 Å². The highest BCUT2D eigenvalue weighted by Crippen LogP contribution is 2.45. The molecule has 4 rings (SSSR count). The van der Waals surface area contributed by atoms with Crippen molar-refractivity contribution in [2.45, 2.75) is 36.6 Å². The molecule has 1 unspecified atom stereocenters. The Morgan fingerprint density at radius 2 is 1.85 bits per heavy atom. The highest BCUT2D eigenvalue weighted by Gasteiger charge is 2.49. The first-order valence-electron chi connectivity index (χ1n) is 8.63. The number of benzene rings is 1. The fourth-order valence-corrected chi connectivity index (χ4v) is 4.75. The lowest BCUT2D eigenvalue weighted by Crippen LogP contribution is -2.40. The van der Waals surface area contributed by atoms with Gasteiger partial charge in [-0.1, -0.05) is 30.3 Å². The number of fused-ring (bicyclic) bond motifs is 1. The van der Waals surface area contributed by atoms with E-state index in [9.17, 15) is 20.1 Å². The lowest BCUT2D eigenvalue weighted by atomic mass is 9.69. The summed E-state index contributed by atoms with van der Waals surface area (Å²) >= 11 is 1.05. The van der Waals surface area contributed by atoms with E-state index >= 15 is 0 Å². The maximum Gasteiger partial charge on any atom is 0.255 e. The van der Waals surface area contributed by atoms with E-state index < -0.39 is 16.9 Å². The van der Waals surface area contributed by atoms with Crippen molar-refractivity contribution >= 4 is 28.0 Å². The van der Waals surface area contributed by atoms with Crippen molar-refractivity contribution in [3.05, 3.63) is 51.9 Å². The number of amides is 1. The van der Waals surface area contributed by atoms with Gasteiger partial charge in [0.25, 0.3) is 5.91 Å². The van der Waals surface area contributed by atoms with Gasteiger partial charge in [0.2, 0.25) is 0 Å². The molecule has 2 aliphatic carbocycles. The largest absolute Gasteiger partial charge is 0.390 e. The molecule has 1 heterocycles. The number of carbonyl (C=O) groups is 2. The van der Waals surface area contributed by atoms with Gasteiger partial charge in [0.05, 0.1) is 27.6 Å². The summed E-state index contributed by atoms with van der Waals surface area (Å²) in [4.78, 5) is 26.3. The van der Waals surface area contributed by atoms with E-state index in [1.54, 1.807) is 24.3 Å². The van der Waals surface area contributed by atoms with Crippen molar-refractivity contribution in [3.63, 3.8) is 0 Å². The van der Waals surface area contributed by atoms with E-state index in [0.717, 1.165) is 11.3 Å². The van der Waals surface area contributed by atoms with Crippen molar-refractivity contribution in [3.8, 4) is 12.1 Å². The zero-order chi connectivity index (χ0) is 19.2. The van der Waals surface area contributed by atoms with Crippen molar-refractivity contribution in [1.82, 2.24) is 5.32 Å². The minimum Gasteiger partial charge on any atom is -0.390 e. The van der Waals surface area contributed by atoms with Gasteiger partial charge in [-0.05, 0) is 36.8 Å². The van der Waals surface area contributed by atoms with Gasteiger partial charge in [0.1, 0.15) is 11.0 Å². The van der Waals surface area contributed by atoms with Crippen molar-refractivity contribution in [2.75, 3.05) is 5.73 Å². The molecule has 0 aliphatic heterocycles. The van der Waals surface area contributed by atoms with E-state index in [1.807, 2.05) is 6.07 Å². The molecule has 0 bridgehead atoms. The summed E-state index contributed by atoms with van der Waals surface area (Å²) in [5, 5.41) is 22.0. The third-order valence-corrected chi connectivity index (χ3v) is 6.44. The van der Waals surface area contributed by atoms with Crippen LogP contribution in [-0.2, 0) is 11.8 Å². The number of nitrogens with zero attached hydrogens (tertiary/aromatic N) is 2. The van der Waals surface area contributed by atoms with E-state index in [-0.39, 0.29) is 16.3 Å². The number of ketones is 1. The van der Waals surface area contributed by atoms with Crippen LogP contribution in [0.15, 0.2) is 30.3 Å². The van der Waals surface area contributed by atoms with Crippen LogP contribution >= 0.6 is 11.3 Å². The second-order valence-corrected chi connectivity index (χ2v) is 8.06. The van der Waals surface area contributed by atoms with Crippen molar-refractivity contribution < 1.29 is 9.59 Å². The van der Waals surface area contributed by atoms with Crippen LogP contribution in [0.2, 0.25) is 0 Å². The van der Waals surface area contributed by atoms with E-state index in [2.05, 4.69) is 17.5 Å². The Labute approximate surface area is 160 Å². The molecule has 1 atom stereocenters. The molecule has 6 nitrogen and oxygen atoms in total. The average molecular weight is 376 g/mol. The standard InChI is InChI=1S/C20H16N4O2S/c21-10-19(8-9-19)24-18(26)14-13-6-7-20(11-22,12-4-2-1-3-5-12)16(25)15(13)27-17(14)23/h1-5H,6-9,23H2,(H,24,26). The molecule has 1 aromatic heterocycles. The molecule has 1 fully saturated rings. The summed E-state index contributed by atoms with van der Waals surface area (Å²) < 4.78 is 0. The Bertz CT molecular complexity index is 1040. The molecule has 3 N–H and O–H groups in total. The minimum absolute atomic E-state index is 0.251. The molecule has 2 aliphatic rings. The van der Waals surface area contributed by atoms with Gasteiger partial charge in [-0.25, -0.2) is 0 Å². The second kappa shape index (κ2) is 5.94. The Kier molecular flexibility index (Phi) is 3.80. The van der Waals surface area contributed by atoms with Gasteiger partial charge in [0, 0.05) is 0 Å². The Hall–Kier alpha value is -3.16. The molecule has 0 saturated heterocycles. The van der Waals surface area contributed by atoms with E-state index in [4.69, 9.17) is 5.73 Å². The molecule has 1 amide bonds. The van der Waals surface area contributed by atoms with Crippen LogP contribution in [0, 0.1) is 22.7 Å². The molecular formula is C20H16N4O2S. The number of hydrogen-bond donors (Lipinski definition) is 2. The maximum absolute atomic E-state index is 13.3. The summed E-state index contributed by atoms with van der Waals surface area (Å²) in [6.07, 6.45) is 1.93. The Morgan fingerprint density at radius 3 is 2.44 bits per heavy atom. The predicted molar refractivity (Wildman–Crippen MR) is 100 cm³/mol. The monoisotopic (exact) mass is 376 g/mol. The summed E-state index contributed by atoms with van der Waals surface area (Å²) in [6, 6.07) is 13.3. The molecule has 7 heteroatoms. The summed E-state index contributed by atoms with van der Waals surface area (Å²) in [6.45, 7) is 0. The number of carbonyl (C=O) groups excluding carboxylic acids is 2. The molecule has 0 spiro atoms. The zero-order valence-electron chi connectivity index (χ0n) is 14.4. The third-order valence-electron chi connectivity index (χ3n) is 5.38. The maximum atomic E-state index is 13.3. The van der Waals surface area contributed by atoms with Gasteiger partial charge in [-0.15, -0.1) is 11.3 Å². The number of nitrogens with one attached hydrogen (secondary N) is 1. The van der Waals surface area contributed by atoms with Crippen LogP contribution < -0.4 is 11.1 Å². The molecule has 1 aromatic carbocycles. The fourth-order valence-electron chi connectivity index (χ4n) is 3.61. The average Bonchev–Trinajstić information content (AvgIpc) is 3.37. The summed E-state index contributed by atoms with van der Waals surface area (Å²) in [7, 11) is 0. The van der Waals surface area contributed by atoms with Crippen LogP contribution in [0.4, 0.5) is 5.00 Å². The predicted octanol–water partition coefficient (Wildman–Crippen LogP) is 2.71. The molecule has 2 aromatic rings. The number of nitrogens with two attached hydrogens (primary N) is 1. The number of rotatable bonds is 3. The van der Waals surface area contributed by atoms with E-state index in [1.165, 1.54) is 0 Å². The molecule has 1 saturated carbocycles. The molecule has 27 heavy (non-hydrogen) atoms. The Morgan fingerprint density at radius 1 is 1.15 bits per heavy atom. The van der Waals surface area contributed by atoms with Crippen molar-refractivity contribution in [2.24, 2.45) is 0 Å².